The molecule has 2 N–H and O–H groups in total. The zero-order valence-corrected chi connectivity index (χ0v) is 19.1. The molecule has 1 saturated carbocycles. The first-order chi connectivity index (χ1) is 15.4. The topological polar surface area (TPSA) is 93.7 Å². The molecule has 0 unspecified atom stereocenters. The summed E-state index contributed by atoms with van der Waals surface area (Å²) in [6.45, 7) is 3.45. The van der Waals surface area contributed by atoms with Crippen LogP contribution in [0.1, 0.15) is 44.2 Å². The molecule has 0 saturated heterocycles. The normalized spacial score (nSPS) is 21.5. The van der Waals surface area contributed by atoms with Crippen molar-refractivity contribution in [3.63, 3.8) is 0 Å². The molecule has 1 aliphatic carbocycles. The van der Waals surface area contributed by atoms with Crippen LogP contribution in [0.5, 0.6) is 11.5 Å². The van der Waals surface area contributed by atoms with Gasteiger partial charge in [0.05, 0.1) is 10.9 Å². The van der Waals surface area contributed by atoms with E-state index in [1.54, 1.807) is 30.3 Å². The average molecular weight is 459 g/mol. The molecule has 32 heavy (non-hydrogen) atoms. The maximum absolute atomic E-state index is 12.8. The quantitative estimate of drug-likeness (QED) is 0.663. The van der Waals surface area contributed by atoms with Gasteiger partial charge in [0.25, 0.3) is 0 Å². The van der Waals surface area contributed by atoms with Crippen LogP contribution in [0.3, 0.4) is 0 Å². The molecule has 7 nitrogen and oxygen atoms in total. The fourth-order valence-electron chi connectivity index (χ4n) is 4.28. The average Bonchev–Trinajstić information content (AvgIpc) is 2.83. The predicted octanol–water partition coefficient (Wildman–Crippen LogP) is 3.42. The molecular weight excluding hydrogens is 428 g/mol. The van der Waals surface area contributed by atoms with E-state index in [4.69, 9.17) is 9.47 Å². The first-order valence-corrected chi connectivity index (χ1v) is 12.7. The number of hydrogen-bond donors (Lipinski definition) is 2. The predicted molar refractivity (Wildman–Crippen MR) is 121 cm³/mol. The summed E-state index contributed by atoms with van der Waals surface area (Å²) < 4.78 is 38.7. The highest BCUT2D eigenvalue weighted by atomic mass is 32.2. The summed E-state index contributed by atoms with van der Waals surface area (Å²) in [5.41, 5.74) is 0.978. The molecule has 2 aliphatic rings. The van der Waals surface area contributed by atoms with E-state index in [0.29, 0.717) is 25.5 Å². The maximum atomic E-state index is 12.8. The zero-order valence-electron chi connectivity index (χ0n) is 18.3. The molecular formula is C24H30N2O5S. The Labute approximate surface area is 189 Å². The third kappa shape index (κ3) is 5.42. The van der Waals surface area contributed by atoms with E-state index >= 15 is 0 Å². The molecule has 4 rings (SSSR count). The van der Waals surface area contributed by atoms with Gasteiger partial charge in [-0.15, -0.1) is 0 Å². The summed E-state index contributed by atoms with van der Waals surface area (Å²) in [6, 6.07) is 14.0. The van der Waals surface area contributed by atoms with Crippen molar-refractivity contribution in [2.24, 2.45) is 11.8 Å². The van der Waals surface area contributed by atoms with Crippen molar-refractivity contribution < 1.29 is 22.7 Å². The van der Waals surface area contributed by atoms with Gasteiger partial charge in [0.2, 0.25) is 15.9 Å². The molecule has 0 spiro atoms. The van der Waals surface area contributed by atoms with Gasteiger partial charge in [-0.05, 0) is 68.4 Å². The van der Waals surface area contributed by atoms with Crippen LogP contribution in [0.4, 0.5) is 0 Å². The Bertz CT molecular complexity index is 1030. The van der Waals surface area contributed by atoms with E-state index < -0.39 is 10.0 Å². The molecule has 2 aromatic rings. The maximum Gasteiger partial charge on any atom is 0.240 e. The summed E-state index contributed by atoms with van der Waals surface area (Å²) in [5.74, 6) is 1.70. The Hall–Kier alpha value is -2.58. The van der Waals surface area contributed by atoms with Gasteiger partial charge in [0, 0.05) is 12.5 Å². The lowest BCUT2D eigenvalue weighted by Gasteiger charge is -2.29. The number of rotatable bonds is 7. The SMILES string of the molecule is C[C@@H](NC(=O)C1CCC(CNS(=O)(=O)c2ccccc2)CC1)c1ccc2c(c1)OCCO2. The second kappa shape index (κ2) is 9.92. The van der Waals surface area contributed by atoms with Crippen molar-refractivity contribution in [3.05, 3.63) is 54.1 Å². The minimum atomic E-state index is -3.49. The van der Waals surface area contributed by atoms with Gasteiger partial charge in [0.15, 0.2) is 11.5 Å². The van der Waals surface area contributed by atoms with Crippen molar-refractivity contribution in [1.82, 2.24) is 10.0 Å². The van der Waals surface area contributed by atoms with E-state index in [1.165, 1.54) is 0 Å². The summed E-state index contributed by atoms with van der Waals surface area (Å²) in [6.07, 6.45) is 3.18. The van der Waals surface area contributed by atoms with Gasteiger partial charge < -0.3 is 14.8 Å². The van der Waals surface area contributed by atoms with Gasteiger partial charge in [-0.2, -0.15) is 0 Å². The number of ether oxygens (including phenoxy) is 2. The van der Waals surface area contributed by atoms with Crippen molar-refractivity contribution in [1.29, 1.82) is 0 Å². The monoisotopic (exact) mass is 458 g/mol. The zero-order chi connectivity index (χ0) is 22.6. The molecule has 8 heteroatoms. The van der Waals surface area contributed by atoms with E-state index in [9.17, 15) is 13.2 Å². The van der Waals surface area contributed by atoms with Crippen LogP contribution in [0.15, 0.2) is 53.4 Å². The smallest absolute Gasteiger partial charge is 0.240 e. The van der Waals surface area contributed by atoms with Crippen LogP contribution >= 0.6 is 0 Å². The van der Waals surface area contributed by atoms with Crippen LogP contribution in [0, 0.1) is 11.8 Å². The molecule has 0 aromatic heterocycles. The first kappa shape index (κ1) is 22.6. The van der Waals surface area contributed by atoms with Crippen LogP contribution in [-0.2, 0) is 14.8 Å². The molecule has 1 atom stereocenters. The standard InChI is InChI=1S/C24H30N2O5S/c1-17(20-11-12-22-23(15-20)31-14-13-30-22)26-24(27)19-9-7-18(8-10-19)16-25-32(28,29)21-5-3-2-4-6-21/h2-6,11-12,15,17-19,25H,7-10,13-14,16H2,1H3,(H,26,27)/t17-,18?,19?/m1/s1. The van der Waals surface area contributed by atoms with E-state index in [1.807, 2.05) is 25.1 Å². The molecule has 1 heterocycles. The van der Waals surface area contributed by atoms with Crippen LogP contribution in [0.25, 0.3) is 0 Å². The summed E-state index contributed by atoms with van der Waals surface area (Å²) in [5, 5.41) is 3.12. The fraction of sp³-hybridized carbons (Fsp3) is 0.458. The molecule has 172 valence electrons. The number of carbonyl (C=O) groups excluding carboxylic acids is 1. The Balaban J connectivity index is 1.25. The molecule has 1 aliphatic heterocycles. The summed E-state index contributed by atoms with van der Waals surface area (Å²) in [7, 11) is -3.49. The van der Waals surface area contributed by atoms with Crippen molar-refractivity contribution >= 4 is 15.9 Å². The third-order valence-electron chi connectivity index (χ3n) is 6.26. The number of carbonyl (C=O) groups is 1. The minimum absolute atomic E-state index is 0.0448. The largest absolute Gasteiger partial charge is 0.486 e. The number of amides is 1. The lowest BCUT2D eigenvalue weighted by atomic mass is 9.81. The van der Waals surface area contributed by atoms with Gasteiger partial charge in [-0.25, -0.2) is 13.1 Å². The Morgan fingerprint density at radius 3 is 2.41 bits per heavy atom. The van der Waals surface area contributed by atoms with Crippen LogP contribution in [-0.4, -0.2) is 34.1 Å². The molecule has 2 aromatic carbocycles. The van der Waals surface area contributed by atoms with E-state index in [-0.39, 0.29) is 28.7 Å². The van der Waals surface area contributed by atoms with E-state index in [0.717, 1.165) is 37.0 Å². The highest BCUT2D eigenvalue weighted by molar-refractivity contribution is 7.89. The van der Waals surface area contributed by atoms with Crippen molar-refractivity contribution in [3.8, 4) is 11.5 Å². The molecule has 0 bridgehead atoms. The Morgan fingerprint density at radius 2 is 1.69 bits per heavy atom. The van der Waals surface area contributed by atoms with Gasteiger partial charge in [-0.3, -0.25) is 4.79 Å². The van der Waals surface area contributed by atoms with Crippen LogP contribution < -0.4 is 19.5 Å². The minimum Gasteiger partial charge on any atom is -0.486 e. The summed E-state index contributed by atoms with van der Waals surface area (Å²) >= 11 is 0. The highest BCUT2D eigenvalue weighted by Gasteiger charge is 2.28. The molecule has 1 amide bonds. The lowest BCUT2D eigenvalue weighted by Crippen LogP contribution is -2.37. The second-order valence-electron chi connectivity index (χ2n) is 8.52. The highest BCUT2D eigenvalue weighted by Crippen LogP contribution is 2.33. The van der Waals surface area contributed by atoms with Crippen LogP contribution in [0.2, 0.25) is 0 Å². The van der Waals surface area contributed by atoms with Crippen molar-refractivity contribution in [2.45, 2.75) is 43.5 Å². The molecule has 0 radical (unpaired) electrons. The molecule has 1 fully saturated rings. The Kier molecular flexibility index (Phi) is 7.01. The summed E-state index contributed by atoms with van der Waals surface area (Å²) in [4.78, 5) is 13.1. The number of sulfonamides is 1. The third-order valence-corrected chi connectivity index (χ3v) is 7.70. The van der Waals surface area contributed by atoms with Gasteiger partial charge in [0.1, 0.15) is 13.2 Å². The first-order valence-electron chi connectivity index (χ1n) is 11.2. The van der Waals surface area contributed by atoms with Gasteiger partial charge >= 0.3 is 0 Å². The number of hydrogen-bond acceptors (Lipinski definition) is 5. The Morgan fingerprint density at radius 1 is 1.00 bits per heavy atom. The number of nitrogens with one attached hydrogen (secondary N) is 2. The fourth-order valence-corrected chi connectivity index (χ4v) is 5.42. The van der Waals surface area contributed by atoms with Crippen molar-refractivity contribution in [2.75, 3.05) is 19.8 Å². The number of fused-ring (bicyclic) bond motifs is 1. The lowest BCUT2D eigenvalue weighted by molar-refractivity contribution is -0.126. The number of benzene rings is 2. The van der Waals surface area contributed by atoms with E-state index in [2.05, 4.69) is 10.0 Å². The second-order valence-corrected chi connectivity index (χ2v) is 10.3. The van der Waals surface area contributed by atoms with Gasteiger partial charge in [-0.1, -0.05) is 24.3 Å².